The smallest absolute Gasteiger partial charge is 0.257 e. The number of nitrogens with zero attached hydrogens (tertiary/aromatic N) is 2. The number of anilines is 1. The van der Waals surface area contributed by atoms with E-state index in [2.05, 4.69) is 39.6 Å². The summed E-state index contributed by atoms with van der Waals surface area (Å²) >= 11 is 2.72. The number of oxazole rings is 1. The molecule has 0 aliphatic heterocycles. The zero-order valence-electron chi connectivity index (χ0n) is 17.5. The zero-order valence-corrected chi connectivity index (χ0v) is 19.9. The fourth-order valence-corrected chi connectivity index (χ4v) is 5.40. The molecule has 32 heavy (non-hydrogen) atoms. The van der Waals surface area contributed by atoms with E-state index in [0.717, 1.165) is 22.4 Å². The second-order valence-electron chi connectivity index (χ2n) is 7.78. The summed E-state index contributed by atoms with van der Waals surface area (Å²) in [5.74, 6) is 0.797. The number of para-hydroxylation sites is 2. The second kappa shape index (κ2) is 10.5. The number of aromatic nitrogens is 2. The maximum absolute atomic E-state index is 12.3. The van der Waals surface area contributed by atoms with Crippen LogP contribution >= 0.6 is 35.5 Å². The third-order valence-corrected chi connectivity index (χ3v) is 7.22. The van der Waals surface area contributed by atoms with Gasteiger partial charge < -0.3 is 9.73 Å². The number of hydrogen-bond donors (Lipinski definition) is 1. The first-order valence-corrected chi connectivity index (χ1v) is 12.5. The van der Waals surface area contributed by atoms with Crippen LogP contribution in [0.3, 0.4) is 0 Å². The molecule has 2 aromatic carbocycles. The van der Waals surface area contributed by atoms with Gasteiger partial charge in [-0.25, -0.2) is 9.97 Å². The summed E-state index contributed by atoms with van der Waals surface area (Å²) < 4.78 is 5.64. The van der Waals surface area contributed by atoms with Crippen molar-refractivity contribution in [3.8, 4) is 11.3 Å². The number of carbonyl (C=O) groups is 1. The molecule has 1 aliphatic rings. The highest BCUT2D eigenvalue weighted by Crippen LogP contribution is 2.34. The standard InChI is InChI=1S/C24H23N3O2S2.ClH/c28-22(15-31-24-26-19-8-4-5-9-21(19)29-24)27-23-25-20(14-30-23)18-12-10-17(11-13-18)16-6-2-1-3-7-16;/h4-5,8-14,16H,1-3,6-7,15H2,(H,25,27,28);1H. The van der Waals surface area contributed by atoms with E-state index in [1.54, 1.807) is 0 Å². The van der Waals surface area contributed by atoms with E-state index in [1.165, 1.54) is 60.8 Å². The van der Waals surface area contributed by atoms with E-state index in [4.69, 9.17) is 4.42 Å². The molecule has 0 radical (unpaired) electrons. The number of rotatable bonds is 6. The van der Waals surface area contributed by atoms with Crippen molar-refractivity contribution < 1.29 is 9.21 Å². The number of halogens is 1. The third kappa shape index (κ3) is 5.34. The van der Waals surface area contributed by atoms with Gasteiger partial charge in [0, 0.05) is 10.9 Å². The first kappa shape index (κ1) is 22.8. The minimum atomic E-state index is -0.124. The Morgan fingerprint density at radius 3 is 2.62 bits per heavy atom. The van der Waals surface area contributed by atoms with Crippen molar-refractivity contribution in [3.63, 3.8) is 0 Å². The molecule has 1 amide bonds. The molecular weight excluding hydrogens is 462 g/mol. The van der Waals surface area contributed by atoms with E-state index in [1.807, 2.05) is 29.6 Å². The van der Waals surface area contributed by atoms with Crippen LogP contribution in [0.2, 0.25) is 0 Å². The Morgan fingerprint density at radius 1 is 1.06 bits per heavy atom. The van der Waals surface area contributed by atoms with Crippen molar-refractivity contribution in [1.82, 2.24) is 9.97 Å². The maximum Gasteiger partial charge on any atom is 0.257 e. The minimum absolute atomic E-state index is 0. The van der Waals surface area contributed by atoms with Crippen LogP contribution in [-0.4, -0.2) is 21.6 Å². The number of hydrogen-bond acceptors (Lipinski definition) is 6. The van der Waals surface area contributed by atoms with Gasteiger partial charge in [-0.3, -0.25) is 4.79 Å². The quantitative estimate of drug-likeness (QED) is 0.293. The summed E-state index contributed by atoms with van der Waals surface area (Å²) in [4.78, 5) is 21.3. The van der Waals surface area contributed by atoms with Crippen LogP contribution < -0.4 is 5.32 Å². The molecule has 2 aromatic heterocycles. The molecule has 5 nitrogen and oxygen atoms in total. The topological polar surface area (TPSA) is 68.0 Å². The predicted molar refractivity (Wildman–Crippen MR) is 134 cm³/mol. The minimum Gasteiger partial charge on any atom is -0.431 e. The van der Waals surface area contributed by atoms with Crippen LogP contribution in [0.1, 0.15) is 43.6 Å². The molecule has 0 unspecified atom stereocenters. The van der Waals surface area contributed by atoms with Crippen molar-refractivity contribution in [3.05, 3.63) is 59.5 Å². The van der Waals surface area contributed by atoms with E-state index >= 15 is 0 Å². The average Bonchev–Trinajstić information content (AvgIpc) is 3.45. The second-order valence-corrected chi connectivity index (χ2v) is 9.56. The van der Waals surface area contributed by atoms with Crippen molar-refractivity contribution in [1.29, 1.82) is 0 Å². The van der Waals surface area contributed by atoms with E-state index in [-0.39, 0.29) is 24.1 Å². The van der Waals surface area contributed by atoms with Crippen molar-refractivity contribution in [2.75, 3.05) is 11.1 Å². The van der Waals surface area contributed by atoms with E-state index in [9.17, 15) is 4.79 Å². The van der Waals surface area contributed by atoms with Gasteiger partial charge in [-0.15, -0.1) is 23.7 Å². The van der Waals surface area contributed by atoms with E-state index < -0.39 is 0 Å². The fourth-order valence-electron chi connectivity index (χ4n) is 4.02. The van der Waals surface area contributed by atoms with E-state index in [0.29, 0.717) is 16.3 Å². The van der Waals surface area contributed by atoms with Gasteiger partial charge in [-0.1, -0.05) is 67.4 Å². The number of fused-ring (bicyclic) bond motifs is 1. The van der Waals surface area contributed by atoms with Gasteiger partial charge >= 0.3 is 0 Å². The number of nitrogens with one attached hydrogen (secondary N) is 1. The Morgan fingerprint density at radius 2 is 1.84 bits per heavy atom. The van der Waals surface area contributed by atoms with Gasteiger partial charge in [0.05, 0.1) is 11.4 Å². The average molecular weight is 486 g/mol. The highest BCUT2D eigenvalue weighted by Gasteiger charge is 2.16. The SMILES string of the molecule is Cl.O=C(CSc1nc2ccccc2o1)Nc1nc(-c2ccc(C3CCCCC3)cc2)cs1. The molecule has 2 heterocycles. The van der Waals surface area contributed by atoms with Crippen LogP contribution in [0.25, 0.3) is 22.4 Å². The zero-order chi connectivity index (χ0) is 21.0. The maximum atomic E-state index is 12.3. The van der Waals surface area contributed by atoms with Crippen LogP contribution in [0.5, 0.6) is 0 Å². The summed E-state index contributed by atoms with van der Waals surface area (Å²) in [5, 5.41) is 5.96. The molecular formula is C24H24ClN3O2S2. The number of carbonyl (C=O) groups excluding carboxylic acids is 1. The first-order chi connectivity index (χ1) is 15.2. The molecule has 4 aromatic rings. The molecule has 0 saturated heterocycles. The van der Waals surface area contributed by atoms with Crippen molar-refractivity contribution >= 4 is 57.6 Å². The molecule has 8 heteroatoms. The van der Waals surface area contributed by atoms with Crippen LogP contribution in [0.4, 0.5) is 5.13 Å². The normalized spacial score (nSPS) is 14.2. The summed E-state index contributed by atoms with van der Waals surface area (Å²) in [6.07, 6.45) is 6.65. The van der Waals surface area contributed by atoms with Crippen molar-refractivity contribution in [2.24, 2.45) is 0 Å². The summed E-state index contributed by atoms with van der Waals surface area (Å²) in [6.45, 7) is 0. The summed E-state index contributed by atoms with van der Waals surface area (Å²) in [5.41, 5.74) is 4.93. The Labute approximate surface area is 201 Å². The number of benzene rings is 2. The fraction of sp³-hybridized carbons (Fsp3) is 0.292. The molecule has 1 fully saturated rings. The lowest BCUT2D eigenvalue weighted by Crippen LogP contribution is -2.13. The van der Waals surface area contributed by atoms with Gasteiger partial charge in [-0.05, 0) is 36.5 Å². The number of thioether (sulfide) groups is 1. The van der Waals surface area contributed by atoms with Crippen LogP contribution in [-0.2, 0) is 4.79 Å². The third-order valence-electron chi connectivity index (χ3n) is 5.63. The summed E-state index contributed by atoms with van der Waals surface area (Å²) in [7, 11) is 0. The van der Waals surface area contributed by atoms with Crippen molar-refractivity contribution in [2.45, 2.75) is 43.2 Å². The van der Waals surface area contributed by atoms with Crippen LogP contribution in [0.15, 0.2) is 63.6 Å². The van der Waals surface area contributed by atoms with Gasteiger partial charge in [0.15, 0.2) is 10.7 Å². The highest BCUT2D eigenvalue weighted by molar-refractivity contribution is 7.99. The molecule has 5 rings (SSSR count). The largest absolute Gasteiger partial charge is 0.431 e. The molecule has 166 valence electrons. The molecule has 0 bridgehead atoms. The summed E-state index contributed by atoms with van der Waals surface area (Å²) in [6, 6.07) is 16.3. The van der Waals surface area contributed by atoms with Gasteiger partial charge in [0.25, 0.3) is 5.22 Å². The molecule has 1 aliphatic carbocycles. The highest BCUT2D eigenvalue weighted by atomic mass is 35.5. The predicted octanol–water partition coefficient (Wildman–Crippen LogP) is 7.15. The lowest BCUT2D eigenvalue weighted by Gasteiger charge is -2.22. The Hall–Kier alpha value is -2.35. The molecule has 0 spiro atoms. The van der Waals surface area contributed by atoms with Gasteiger partial charge in [-0.2, -0.15) is 0 Å². The van der Waals surface area contributed by atoms with Gasteiger partial charge in [0.1, 0.15) is 5.52 Å². The number of amides is 1. The van der Waals surface area contributed by atoms with Crippen LogP contribution in [0, 0.1) is 0 Å². The molecule has 1 N–H and O–H groups in total. The lowest BCUT2D eigenvalue weighted by atomic mass is 9.84. The lowest BCUT2D eigenvalue weighted by molar-refractivity contribution is -0.113. The Bertz CT molecular complexity index is 1150. The molecule has 0 atom stereocenters. The first-order valence-electron chi connectivity index (χ1n) is 10.6. The molecule has 1 saturated carbocycles. The van der Waals surface area contributed by atoms with Gasteiger partial charge in [0.2, 0.25) is 5.91 Å². The monoisotopic (exact) mass is 485 g/mol. The Kier molecular flexibility index (Phi) is 7.50. The Balaban J connectivity index is 0.00000245. The number of thiazole rings is 1.